The molecule has 1 aliphatic rings. The summed E-state index contributed by atoms with van der Waals surface area (Å²) in [6.07, 6.45) is 2.80. The average molecular weight is 209 g/mol. The van der Waals surface area contributed by atoms with Gasteiger partial charge >= 0.3 is 0 Å². The maximum Gasteiger partial charge on any atom is 0.226 e. The van der Waals surface area contributed by atoms with Crippen molar-refractivity contribution in [1.29, 1.82) is 0 Å². The second-order valence-corrected chi connectivity index (χ2v) is 5.88. The normalized spacial score (nSPS) is 27.2. The zero-order valence-electron chi connectivity index (χ0n) is 10.4. The summed E-state index contributed by atoms with van der Waals surface area (Å²) in [6, 6.07) is 0. The molecule has 1 amide bonds. The van der Waals surface area contributed by atoms with E-state index >= 15 is 0 Å². The van der Waals surface area contributed by atoms with Crippen molar-refractivity contribution in [1.82, 2.24) is 4.90 Å². The van der Waals surface area contributed by atoms with E-state index in [9.17, 15) is 4.79 Å². The lowest BCUT2D eigenvalue weighted by Crippen LogP contribution is -2.28. The second-order valence-electron chi connectivity index (χ2n) is 5.88. The highest BCUT2D eigenvalue weighted by molar-refractivity contribution is 5.81. The minimum atomic E-state index is 0.213. The molecule has 1 heterocycles. The van der Waals surface area contributed by atoms with E-state index in [2.05, 4.69) is 34.3 Å². The molecule has 2 nitrogen and oxygen atoms in total. The molecule has 1 fully saturated rings. The molecule has 0 saturated carbocycles. The molecule has 0 aromatic carbocycles. The number of likely N-dealkylation sites (tertiary alicyclic amines) is 1. The molecule has 1 saturated heterocycles. The van der Waals surface area contributed by atoms with Gasteiger partial charge in [-0.3, -0.25) is 4.79 Å². The summed E-state index contributed by atoms with van der Waals surface area (Å²) >= 11 is 0. The smallest absolute Gasteiger partial charge is 0.226 e. The van der Waals surface area contributed by atoms with E-state index < -0.39 is 0 Å². The van der Waals surface area contributed by atoms with E-state index in [1.165, 1.54) is 0 Å². The minimum absolute atomic E-state index is 0.213. The molecule has 0 unspecified atom stereocenters. The van der Waals surface area contributed by atoms with Crippen LogP contribution in [0.25, 0.3) is 0 Å². The molecule has 1 rings (SSSR count). The highest BCUT2D eigenvalue weighted by Crippen LogP contribution is 2.34. The Morgan fingerprint density at radius 2 is 2.13 bits per heavy atom. The summed E-state index contributed by atoms with van der Waals surface area (Å²) in [6.45, 7) is 14.1. The van der Waals surface area contributed by atoms with Crippen molar-refractivity contribution in [3.63, 3.8) is 0 Å². The third-order valence-corrected chi connectivity index (χ3v) is 3.01. The first kappa shape index (κ1) is 12.3. The summed E-state index contributed by atoms with van der Waals surface area (Å²) in [5, 5.41) is 0. The van der Waals surface area contributed by atoms with Crippen LogP contribution in [0.1, 0.15) is 34.1 Å². The largest absolute Gasteiger partial charge is 0.338 e. The zero-order valence-corrected chi connectivity index (χ0v) is 10.4. The van der Waals surface area contributed by atoms with Gasteiger partial charge in [-0.2, -0.15) is 0 Å². The molecular weight excluding hydrogens is 186 g/mol. The molecule has 0 aliphatic carbocycles. The van der Waals surface area contributed by atoms with Crippen molar-refractivity contribution >= 4 is 5.91 Å². The van der Waals surface area contributed by atoms with Gasteiger partial charge in [0, 0.05) is 19.0 Å². The van der Waals surface area contributed by atoms with Crippen LogP contribution in [0.3, 0.4) is 0 Å². The number of carbonyl (C=O) groups is 1. The van der Waals surface area contributed by atoms with Crippen LogP contribution in [0.5, 0.6) is 0 Å². The predicted octanol–water partition coefficient (Wildman–Crippen LogP) is 2.70. The number of hydrogen-bond donors (Lipinski definition) is 0. The fraction of sp³-hybridized carbons (Fsp3) is 0.769. The van der Waals surface area contributed by atoms with Crippen LogP contribution in [-0.2, 0) is 4.79 Å². The van der Waals surface area contributed by atoms with Gasteiger partial charge in [-0.05, 0) is 17.8 Å². The van der Waals surface area contributed by atoms with Crippen LogP contribution in [0, 0.1) is 17.3 Å². The quantitative estimate of drug-likeness (QED) is 0.654. The molecule has 2 heteroatoms. The SMILES string of the molecule is C=CCN1C[C@@H](C)[C@H](CC(C)(C)C)C1=O. The van der Waals surface area contributed by atoms with Gasteiger partial charge in [0.25, 0.3) is 0 Å². The summed E-state index contributed by atoms with van der Waals surface area (Å²) in [5.74, 6) is 1.01. The molecule has 1 aliphatic heterocycles. The highest BCUT2D eigenvalue weighted by Gasteiger charge is 2.38. The molecule has 0 aromatic heterocycles. The standard InChI is InChI=1S/C13H23NO/c1-6-7-14-9-10(2)11(12(14)15)8-13(3,4)5/h6,10-11H,1,7-9H2,2-5H3/t10-,11+/m1/s1. The van der Waals surface area contributed by atoms with Gasteiger partial charge in [0.1, 0.15) is 0 Å². The Labute approximate surface area is 93.3 Å². The van der Waals surface area contributed by atoms with E-state index in [1.54, 1.807) is 0 Å². The molecule has 0 spiro atoms. The van der Waals surface area contributed by atoms with Crippen LogP contribution >= 0.6 is 0 Å². The van der Waals surface area contributed by atoms with Crippen molar-refractivity contribution in [3.05, 3.63) is 12.7 Å². The summed E-state index contributed by atoms with van der Waals surface area (Å²) in [5.41, 5.74) is 0.235. The molecule has 2 atom stereocenters. The molecule has 86 valence electrons. The Morgan fingerprint density at radius 3 is 2.60 bits per heavy atom. The van der Waals surface area contributed by atoms with Crippen LogP contribution in [0.4, 0.5) is 0 Å². The fourth-order valence-corrected chi connectivity index (χ4v) is 2.31. The number of hydrogen-bond acceptors (Lipinski definition) is 1. The Morgan fingerprint density at radius 1 is 1.53 bits per heavy atom. The summed E-state index contributed by atoms with van der Waals surface area (Å²) in [4.78, 5) is 14.0. The van der Waals surface area contributed by atoms with Gasteiger partial charge in [0.15, 0.2) is 0 Å². The molecule has 0 bridgehead atoms. The first-order valence-corrected chi connectivity index (χ1v) is 5.75. The Bertz CT molecular complexity index is 252. The summed E-state index contributed by atoms with van der Waals surface area (Å²) in [7, 11) is 0. The lowest BCUT2D eigenvalue weighted by Gasteiger charge is -2.23. The Hall–Kier alpha value is -0.790. The predicted molar refractivity (Wildman–Crippen MR) is 63.5 cm³/mol. The van der Waals surface area contributed by atoms with E-state index in [0.717, 1.165) is 13.0 Å². The minimum Gasteiger partial charge on any atom is -0.338 e. The first-order valence-electron chi connectivity index (χ1n) is 5.75. The van der Waals surface area contributed by atoms with Crippen molar-refractivity contribution in [2.45, 2.75) is 34.1 Å². The number of carbonyl (C=O) groups excluding carboxylic acids is 1. The third-order valence-electron chi connectivity index (χ3n) is 3.01. The Balaban J connectivity index is 2.66. The number of nitrogens with zero attached hydrogens (tertiary/aromatic N) is 1. The monoisotopic (exact) mass is 209 g/mol. The van der Waals surface area contributed by atoms with Gasteiger partial charge in [0.05, 0.1) is 0 Å². The van der Waals surface area contributed by atoms with Gasteiger partial charge in [-0.25, -0.2) is 0 Å². The van der Waals surface area contributed by atoms with Crippen LogP contribution < -0.4 is 0 Å². The zero-order chi connectivity index (χ0) is 11.6. The van der Waals surface area contributed by atoms with Crippen molar-refractivity contribution in [3.8, 4) is 0 Å². The van der Waals surface area contributed by atoms with Gasteiger partial charge in [-0.15, -0.1) is 6.58 Å². The molecule has 15 heavy (non-hydrogen) atoms. The van der Waals surface area contributed by atoms with E-state index in [1.807, 2.05) is 11.0 Å². The molecule has 0 radical (unpaired) electrons. The van der Waals surface area contributed by atoms with E-state index in [4.69, 9.17) is 0 Å². The van der Waals surface area contributed by atoms with Crippen LogP contribution in [-0.4, -0.2) is 23.9 Å². The highest BCUT2D eigenvalue weighted by atomic mass is 16.2. The van der Waals surface area contributed by atoms with Gasteiger partial charge < -0.3 is 4.90 Å². The summed E-state index contributed by atoms with van der Waals surface area (Å²) < 4.78 is 0. The fourth-order valence-electron chi connectivity index (χ4n) is 2.31. The van der Waals surface area contributed by atoms with Crippen LogP contribution in [0.2, 0.25) is 0 Å². The number of amides is 1. The van der Waals surface area contributed by atoms with Gasteiger partial charge in [0.2, 0.25) is 5.91 Å². The lowest BCUT2D eigenvalue weighted by molar-refractivity contribution is -0.131. The molecule has 0 aromatic rings. The molecular formula is C13H23NO. The van der Waals surface area contributed by atoms with Gasteiger partial charge in [-0.1, -0.05) is 33.8 Å². The van der Waals surface area contributed by atoms with Crippen molar-refractivity contribution in [2.24, 2.45) is 17.3 Å². The van der Waals surface area contributed by atoms with E-state index in [0.29, 0.717) is 18.4 Å². The van der Waals surface area contributed by atoms with E-state index in [-0.39, 0.29) is 11.3 Å². The van der Waals surface area contributed by atoms with Crippen molar-refractivity contribution < 1.29 is 4.79 Å². The van der Waals surface area contributed by atoms with Crippen molar-refractivity contribution in [2.75, 3.05) is 13.1 Å². The topological polar surface area (TPSA) is 20.3 Å². The Kier molecular flexibility index (Phi) is 3.58. The second kappa shape index (κ2) is 4.38. The maximum atomic E-state index is 12.1. The maximum absolute atomic E-state index is 12.1. The molecule has 0 N–H and O–H groups in total. The number of rotatable bonds is 3. The first-order chi connectivity index (χ1) is 6.85. The third kappa shape index (κ3) is 3.08. The van der Waals surface area contributed by atoms with Crippen LogP contribution in [0.15, 0.2) is 12.7 Å². The average Bonchev–Trinajstić information content (AvgIpc) is 2.32. The lowest BCUT2D eigenvalue weighted by atomic mass is 9.80.